The molecule has 1 saturated carbocycles. The molecule has 0 radical (unpaired) electrons. The SMILES string of the molecule is O=C1CN(c2cccc(C3CCCC3)c2)C(=O)N1. The van der Waals surface area contributed by atoms with E-state index in [1.54, 1.807) is 0 Å². The first-order valence-corrected chi connectivity index (χ1v) is 6.45. The monoisotopic (exact) mass is 244 g/mol. The molecule has 3 rings (SSSR count). The summed E-state index contributed by atoms with van der Waals surface area (Å²) in [6.07, 6.45) is 5.04. The zero-order valence-corrected chi connectivity index (χ0v) is 10.2. The maximum absolute atomic E-state index is 11.6. The minimum Gasteiger partial charge on any atom is -0.285 e. The summed E-state index contributed by atoms with van der Waals surface area (Å²) in [4.78, 5) is 24.3. The minimum atomic E-state index is -0.316. The summed E-state index contributed by atoms with van der Waals surface area (Å²) in [6, 6.07) is 7.71. The molecule has 0 bridgehead atoms. The van der Waals surface area contributed by atoms with Crippen LogP contribution >= 0.6 is 0 Å². The van der Waals surface area contributed by atoms with E-state index in [-0.39, 0.29) is 18.5 Å². The molecule has 3 amide bonds. The fraction of sp³-hybridized carbons (Fsp3) is 0.429. The number of benzene rings is 1. The molecule has 4 heteroatoms. The van der Waals surface area contributed by atoms with Gasteiger partial charge in [0.2, 0.25) is 5.91 Å². The summed E-state index contributed by atoms with van der Waals surface area (Å²) in [7, 11) is 0. The third-order valence-corrected chi connectivity index (χ3v) is 3.80. The maximum atomic E-state index is 11.6. The van der Waals surface area contributed by atoms with Gasteiger partial charge >= 0.3 is 6.03 Å². The summed E-state index contributed by atoms with van der Waals surface area (Å²) >= 11 is 0. The van der Waals surface area contributed by atoms with Crippen molar-refractivity contribution >= 4 is 17.6 Å². The highest BCUT2D eigenvalue weighted by Crippen LogP contribution is 2.35. The molecule has 0 atom stereocenters. The summed E-state index contributed by atoms with van der Waals surface area (Å²) in [5.41, 5.74) is 2.11. The van der Waals surface area contributed by atoms with Gasteiger partial charge in [-0.1, -0.05) is 25.0 Å². The van der Waals surface area contributed by atoms with E-state index in [1.165, 1.54) is 36.1 Å². The van der Waals surface area contributed by atoms with E-state index in [1.807, 2.05) is 18.2 Å². The Balaban J connectivity index is 1.86. The van der Waals surface area contributed by atoms with Gasteiger partial charge in [-0.2, -0.15) is 0 Å². The number of amides is 3. The van der Waals surface area contributed by atoms with Gasteiger partial charge in [-0.05, 0) is 36.5 Å². The Labute approximate surface area is 106 Å². The van der Waals surface area contributed by atoms with Gasteiger partial charge in [-0.15, -0.1) is 0 Å². The van der Waals surface area contributed by atoms with Crippen LogP contribution in [-0.2, 0) is 4.79 Å². The van der Waals surface area contributed by atoms with E-state index in [0.29, 0.717) is 5.92 Å². The van der Waals surface area contributed by atoms with Crippen LogP contribution in [0.3, 0.4) is 0 Å². The molecule has 1 aromatic rings. The highest BCUT2D eigenvalue weighted by molar-refractivity contribution is 6.12. The fourth-order valence-corrected chi connectivity index (χ4v) is 2.86. The van der Waals surface area contributed by atoms with E-state index in [4.69, 9.17) is 0 Å². The van der Waals surface area contributed by atoms with Gasteiger partial charge in [0.1, 0.15) is 6.54 Å². The van der Waals surface area contributed by atoms with E-state index in [2.05, 4.69) is 11.4 Å². The predicted octanol–water partition coefficient (Wildman–Crippen LogP) is 2.40. The van der Waals surface area contributed by atoms with Crippen molar-refractivity contribution in [3.63, 3.8) is 0 Å². The Hall–Kier alpha value is -1.84. The molecule has 0 spiro atoms. The number of urea groups is 1. The van der Waals surface area contributed by atoms with Gasteiger partial charge in [-0.25, -0.2) is 4.79 Å². The van der Waals surface area contributed by atoms with Crippen molar-refractivity contribution < 1.29 is 9.59 Å². The molecule has 2 fully saturated rings. The number of nitrogens with one attached hydrogen (secondary N) is 1. The molecule has 94 valence electrons. The molecule has 4 nitrogen and oxygen atoms in total. The molecule has 0 aromatic heterocycles. The van der Waals surface area contributed by atoms with Crippen molar-refractivity contribution in [1.82, 2.24) is 5.32 Å². The van der Waals surface area contributed by atoms with Crippen molar-refractivity contribution in [2.75, 3.05) is 11.4 Å². The number of nitrogens with zero attached hydrogens (tertiary/aromatic N) is 1. The molecule has 1 aromatic carbocycles. The van der Waals surface area contributed by atoms with Crippen LogP contribution in [0.25, 0.3) is 0 Å². The highest BCUT2D eigenvalue weighted by Gasteiger charge is 2.28. The maximum Gasteiger partial charge on any atom is 0.329 e. The van der Waals surface area contributed by atoms with Crippen LogP contribution in [0.4, 0.5) is 10.5 Å². The first-order chi connectivity index (χ1) is 8.74. The molecular weight excluding hydrogens is 228 g/mol. The van der Waals surface area contributed by atoms with Crippen LogP contribution in [0.5, 0.6) is 0 Å². The van der Waals surface area contributed by atoms with E-state index < -0.39 is 0 Å². The summed E-state index contributed by atoms with van der Waals surface area (Å²) in [6.45, 7) is 0.132. The molecule has 1 saturated heterocycles. The Morgan fingerprint density at radius 2 is 1.94 bits per heavy atom. The molecule has 1 aliphatic heterocycles. The van der Waals surface area contributed by atoms with Crippen LogP contribution < -0.4 is 10.2 Å². The third-order valence-electron chi connectivity index (χ3n) is 3.80. The standard InChI is InChI=1S/C14H16N2O2/c17-13-9-16(14(18)15-13)12-7-3-6-11(8-12)10-4-1-2-5-10/h3,6-8,10H,1-2,4-5,9H2,(H,15,17,18). The quantitative estimate of drug-likeness (QED) is 0.812. The first kappa shape index (κ1) is 11.3. The van der Waals surface area contributed by atoms with E-state index in [0.717, 1.165) is 5.69 Å². The zero-order valence-electron chi connectivity index (χ0n) is 10.2. The second-order valence-corrected chi connectivity index (χ2v) is 5.02. The Morgan fingerprint density at radius 3 is 2.61 bits per heavy atom. The second-order valence-electron chi connectivity index (χ2n) is 5.02. The number of imide groups is 1. The largest absolute Gasteiger partial charge is 0.329 e. The molecular formula is C14H16N2O2. The highest BCUT2D eigenvalue weighted by atomic mass is 16.2. The third kappa shape index (κ3) is 1.98. The molecule has 2 aliphatic rings. The molecule has 0 unspecified atom stereocenters. The van der Waals surface area contributed by atoms with E-state index >= 15 is 0 Å². The van der Waals surface area contributed by atoms with Crippen LogP contribution in [0.2, 0.25) is 0 Å². The lowest BCUT2D eigenvalue weighted by Crippen LogP contribution is -2.27. The molecule has 1 aliphatic carbocycles. The van der Waals surface area contributed by atoms with Crippen molar-refractivity contribution in [3.05, 3.63) is 29.8 Å². The number of carbonyl (C=O) groups is 2. The number of hydrogen-bond donors (Lipinski definition) is 1. The van der Waals surface area contributed by atoms with Gasteiger partial charge in [0.05, 0.1) is 0 Å². The number of rotatable bonds is 2. The topological polar surface area (TPSA) is 49.4 Å². The van der Waals surface area contributed by atoms with Crippen molar-refractivity contribution in [2.24, 2.45) is 0 Å². The lowest BCUT2D eigenvalue weighted by Gasteiger charge is -2.16. The van der Waals surface area contributed by atoms with Crippen LogP contribution in [0, 0.1) is 0 Å². The van der Waals surface area contributed by atoms with Crippen molar-refractivity contribution in [2.45, 2.75) is 31.6 Å². The molecule has 18 heavy (non-hydrogen) atoms. The van der Waals surface area contributed by atoms with Crippen molar-refractivity contribution in [3.8, 4) is 0 Å². The summed E-state index contributed by atoms with van der Waals surface area (Å²) in [5.74, 6) is 0.387. The first-order valence-electron chi connectivity index (χ1n) is 6.45. The van der Waals surface area contributed by atoms with Gasteiger partial charge in [-0.3, -0.25) is 15.0 Å². The Morgan fingerprint density at radius 1 is 1.17 bits per heavy atom. The predicted molar refractivity (Wildman–Crippen MR) is 68.5 cm³/mol. The Kier molecular flexibility index (Phi) is 2.78. The minimum absolute atomic E-state index is 0.132. The van der Waals surface area contributed by atoms with Gasteiger partial charge in [0.15, 0.2) is 0 Å². The smallest absolute Gasteiger partial charge is 0.285 e. The molecule has 1 heterocycles. The van der Waals surface area contributed by atoms with Crippen LogP contribution in [-0.4, -0.2) is 18.5 Å². The van der Waals surface area contributed by atoms with Crippen LogP contribution in [0.15, 0.2) is 24.3 Å². The molecule has 1 N–H and O–H groups in total. The van der Waals surface area contributed by atoms with E-state index in [9.17, 15) is 9.59 Å². The van der Waals surface area contributed by atoms with Crippen LogP contribution in [0.1, 0.15) is 37.2 Å². The average molecular weight is 244 g/mol. The Bertz CT molecular complexity index is 492. The van der Waals surface area contributed by atoms with Crippen molar-refractivity contribution in [1.29, 1.82) is 0 Å². The fourth-order valence-electron chi connectivity index (χ4n) is 2.86. The second kappa shape index (κ2) is 4.44. The number of carbonyl (C=O) groups excluding carboxylic acids is 2. The summed E-state index contributed by atoms with van der Waals surface area (Å²) < 4.78 is 0. The normalized spacial score (nSPS) is 20.6. The lowest BCUT2D eigenvalue weighted by atomic mass is 9.97. The van der Waals surface area contributed by atoms with Gasteiger partial charge in [0.25, 0.3) is 0 Å². The summed E-state index contributed by atoms with van der Waals surface area (Å²) in [5, 5.41) is 2.30. The van der Waals surface area contributed by atoms with Gasteiger partial charge < -0.3 is 0 Å². The van der Waals surface area contributed by atoms with Gasteiger partial charge in [0, 0.05) is 5.69 Å². The number of hydrogen-bond acceptors (Lipinski definition) is 2. The zero-order chi connectivity index (χ0) is 12.5. The number of anilines is 1. The lowest BCUT2D eigenvalue weighted by molar-refractivity contribution is -0.117. The average Bonchev–Trinajstić information content (AvgIpc) is 2.99.